The number of hydrogen-bond donors (Lipinski definition) is 1. The molecule has 0 unspecified atom stereocenters. The molecular weight excluding hydrogens is 176 g/mol. The number of rotatable bonds is 2. The number of anilines is 1. The first-order valence-electron chi connectivity index (χ1n) is 4.80. The van der Waals surface area contributed by atoms with Crippen molar-refractivity contribution in [3.63, 3.8) is 0 Å². The molecule has 0 saturated carbocycles. The largest absolute Gasteiger partial charge is 0.329 e. The van der Waals surface area contributed by atoms with E-state index in [9.17, 15) is 4.79 Å². The highest BCUT2D eigenvalue weighted by molar-refractivity contribution is 5.71. The van der Waals surface area contributed by atoms with Crippen LogP contribution in [0.2, 0.25) is 0 Å². The summed E-state index contributed by atoms with van der Waals surface area (Å²) < 4.78 is 0. The summed E-state index contributed by atoms with van der Waals surface area (Å²) in [6.45, 7) is 2.09. The fourth-order valence-corrected chi connectivity index (χ4v) is 1.86. The van der Waals surface area contributed by atoms with Gasteiger partial charge in [0.25, 0.3) is 0 Å². The molecule has 1 aliphatic heterocycles. The number of hydrogen-bond acceptors (Lipinski definition) is 2. The van der Waals surface area contributed by atoms with Gasteiger partial charge in [-0.05, 0) is 36.7 Å². The predicted molar refractivity (Wildman–Crippen MR) is 56.2 cm³/mol. The molecule has 2 rings (SSSR count). The van der Waals surface area contributed by atoms with Crippen molar-refractivity contribution < 1.29 is 4.79 Å². The van der Waals surface area contributed by atoms with Crippen LogP contribution in [0.4, 0.5) is 5.69 Å². The van der Waals surface area contributed by atoms with Gasteiger partial charge in [0.05, 0.1) is 0 Å². The van der Waals surface area contributed by atoms with Gasteiger partial charge in [0, 0.05) is 18.8 Å². The van der Waals surface area contributed by atoms with Gasteiger partial charge >= 0.3 is 0 Å². The maximum Gasteiger partial charge on any atom is 0.211 e. The standard InChI is InChI=1S/C11H14N2O/c1-13-5-4-9-2-3-11(12-8-14)6-10(9)7-13/h2-3,6,8H,4-5,7H2,1H3,(H,12,14). The van der Waals surface area contributed by atoms with Gasteiger partial charge in [-0.25, -0.2) is 0 Å². The van der Waals surface area contributed by atoms with Gasteiger partial charge in [-0.2, -0.15) is 0 Å². The molecule has 1 N–H and O–H groups in total. The summed E-state index contributed by atoms with van der Waals surface area (Å²) in [5.74, 6) is 0. The molecule has 0 bridgehead atoms. The van der Waals surface area contributed by atoms with Crippen LogP contribution < -0.4 is 5.32 Å². The molecule has 0 atom stereocenters. The van der Waals surface area contributed by atoms with Crippen LogP contribution in [0.15, 0.2) is 18.2 Å². The van der Waals surface area contributed by atoms with Crippen molar-refractivity contribution in [2.24, 2.45) is 0 Å². The number of amides is 1. The Labute approximate surface area is 83.7 Å². The Morgan fingerprint density at radius 1 is 1.43 bits per heavy atom. The minimum Gasteiger partial charge on any atom is -0.329 e. The third kappa shape index (κ3) is 1.77. The number of nitrogens with zero attached hydrogens (tertiary/aromatic N) is 1. The third-order valence-corrected chi connectivity index (χ3v) is 2.63. The molecule has 1 aromatic rings. The van der Waals surface area contributed by atoms with Gasteiger partial charge in [0.2, 0.25) is 6.41 Å². The number of benzene rings is 1. The van der Waals surface area contributed by atoms with E-state index in [-0.39, 0.29) is 0 Å². The lowest BCUT2D eigenvalue weighted by molar-refractivity contribution is -0.105. The molecule has 0 saturated heterocycles. The van der Waals surface area contributed by atoms with Gasteiger partial charge < -0.3 is 10.2 Å². The van der Waals surface area contributed by atoms with Gasteiger partial charge in [0.1, 0.15) is 0 Å². The second kappa shape index (κ2) is 3.80. The first kappa shape index (κ1) is 9.21. The fourth-order valence-electron chi connectivity index (χ4n) is 1.86. The second-order valence-corrected chi connectivity index (χ2v) is 3.73. The van der Waals surface area contributed by atoms with E-state index < -0.39 is 0 Å². The van der Waals surface area contributed by atoms with E-state index in [2.05, 4.69) is 29.4 Å². The Bertz CT molecular complexity index is 349. The van der Waals surface area contributed by atoms with Crippen LogP contribution in [0.5, 0.6) is 0 Å². The molecule has 0 radical (unpaired) electrons. The molecular formula is C11H14N2O. The van der Waals surface area contributed by atoms with Crippen LogP contribution in [0.1, 0.15) is 11.1 Å². The van der Waals surface area contributed by atoms with Crippen LogP contribution in [0.25, 0.3) is 0 Å². The van der Waals surface area contributed by atoms with Crippen LogP contribution >= 0.6 is 0 Å². The zero-order chi connectivity index (χ0) is 9.97. The maximum absolute atomic E-state index is 10.3. The monoisotopic (exact) mass is 190 g/mol. The SMILES string of the molecule is CN1CCc2ccc(NC=O)cc2C1. The highest BCUT2D eigenvalue weighted by Crippen LogP contribution is 2.21. The summed E-state index contributed by atoms with van der Waals surface area (Å²) in [5.41, 5.74) is 3.61. The van der Waals surface area contributed by atoms with E-state index in [1.165, 1.54) is 11.1 Å². The Morgan fingerprint density at radius 3 is 3.07 bits per heavy atom. The van der Waals surface area contributed by atoms with Crippen LogP contribution in [0, 0.1) is 0 Å². The van der Waals surface area contributed by atoms with E-state index in [1.54, 1.807) is 0 Å². The van der Waals surface area contributed by atoms with E-state index in [1.807, 2.05) is 6.07 Å². The lowest BCUT2D eigenvalue weighted by Gasteiger charge is -2.25. The van der Waals surface area contributed by atoms with E-state index in [0.717, 1.165) is 25.2 Å². The van der Waals surface area contributed by atoms with Crippen LogP contribution in [-0.4, -0.2) is 24.9 Å². The highest BCUT2D eigenvalue weighted by atomic mass is 16.1. The van der Waals surface area contributed by atoms with Gasteiger partial charge in [-0.15, -0.1) is 0 Å². The van der Waals surface area contributed by atoms with Crippen molar-refractivity contribution in [2.45, 2.75) is 13.0 Å². The lowest BCUT2D eigenvalue weighted by Crippen LogP contribution is -2.26. The molecule has 74 valence electrons. The second-order valence-electron chi connectivity index (χ2n) is 3.73. The maximum atomic E-state index is 10.3. The highest BCUT2D eigenvalue weighted by Gasteiger charge is 2.12. The van der Waals surface area contributed by atoms with Crippen LogP contribution in [0.3, 0.4) is 0 Å². The summed E-state index contributed by atoms with van der Waals surface area (Å²) in [6.07, 6.45) is 1.82. The van der Waals surface area contributed by atoms with Gasteiger partial charge in [0.15, 0.2) is 0 Å². The third-order valence-electron chi connectivity index (χ3n) is 2.63. The van der Waals surface area contributed by atoms with Crippen molar-refractivity contribution >= 4 is 12.1 Å². The first-order chi connectivity index (χ1) is 6.79. The van der Waals surface area contributed by atoms with Crippen molar-refractivity contribution in [2.75, 3.05) is 18.9 Å². The summed E-state index contributed by atoms with van der Waals surface area (Å²) in [4.78, 5) is 12.6. The van der Waals surface area contributed by atoms with Crippen molar-refractivity contribution in [1.82, 2.24) is 4.90 Å². The van der Waals surface area contributed by atoms with Gasteiger partial charge in [-0.3, -0.25) is 4.79 Å². The van der Waals surface area contributed by atoms with Crippen molar-refractivity contribution in [1.29, 1.82) is 0 Å². The topological polar surface area (TPSA) is 32.3 Å². The average molecular weight is 190 g/mol. The smallest absolute Gasteiger partial charge is 0.211 e. The molecule has 3 heteroatoms. The summed E-state index contributed by atoms with van der Waals surface area (Å²) >= 11 is 0. The molecule has 1 aromatic carbocycles. The normalized spacial score (nSPS) is 16.1. The summed E-state index contributed by atoms with van der Waals surface area (Å²) in [6, 6.07) is 6.12. The Kier molecular flexibility index (Phi) is 2.50. The molecule has 14 heavy (non-hydrogen) atoms. The number of carbonyl (C=O) groups excluding carboxylic acids is 1. The number of nitrogens with one attached hydrogen (secondary N) is 1. The average Bonchev–Trinajstić information content (AvgIpc) is 2.17. The predicted octanol–water partition coefficient (Wildman–Crippen LogP) is 1.24. The Balaban J connectivity index is 2.28. The fraction of sp³-hybridized carbons (Fsp3) is 0.364. The van der Waals surface area contributed by atoms with E-state index in [0.29, 0.717) is 6.41 Å². The Morgan fingerprint density at radius 2 is 2.29 bits per heavy atom. The number of carbonyl (C=O) groups is 1. The van der Waals surface area contributed by atoms with Crippen LogP contribution in [-0.2, 0) is 17.8 Å². The molecule has 0 fully saturated rings. The van der Waals surface area contributed by atoms with Gasteiger partial charge in [-0.1, -0.05) is 6.07 Å². The number of likely N-dealkylation sites (N-methyl/N-ethyl adjacent to an activating group) is 1. The minimum atomic E-state index is 0.717. The summed E-state index contributed by atoms with van der Waals surface area (Å²) in [7, 11) is 2.11. The zero-order valence-electron chi connectivity index (χ0n) is 8.29. The molecule has 1 aliphatic rings. The first-order valence-corrected chi connectivity index (χ1v) is 4.80. The number of fused-ring (bicyclic) bond motifs is 1. The molecule has 0 spiro atoms. The molecule has 1 heterocycles. The summed E-state index contributed by atoms with van der Waals surface area (Å²) in [5, 5.41) is 2.67. The lowest BCUT2D eigenvalue weighted by atomic mass is 9.99. The minimum absolute atomic E-state index is 0.717. The molecule has 1 amide bonds. The zero-order valence-corrected chi connectivity index (χ0v) is 8.29. The van der Waals surface area contributed by atoms with E-state index >= 15 is 0 Å². The molecule has 3 nitrogen and oxygen atoms in total. The molecule has 0 aromatic heterocycles. The Hall–Kier alpha value is -1.35. The van der Waals surface area contributed by atoms with Crippen molar-refractivity contribution in [3.05, 3.63) is 29.3 Å². The quantitative estimate of drug-likeness (QED) is 0.712. The molecule has 0 aliphatic carbocycles. The van der Waals surface area contributed by atoms with Crippen molar-refractivity contribution in [3.8, 4) is 0 Å². The van der Waals surface area contributed by atoms with E-state index in [4.69, 9.17) is 0 Å².